The monoisotopic (exact) mass is 481 g/mol. The Labute approximate surface area is 197 Å². The van der Waals surface area contributed by atoms with Crippen molar-refractivity contribution in [2.75, 3.05) is 25.6 Å². The number of nitrogens with one attached hydrogen (secondary N) is 1. The first-order valence-corrected chi connectivity index (χ1v) is 10.4. The number of nitrogens with zero attached hydrogens (tertiary/aromatic N) is 2. The van der Waals surface area contributed by atoms with Gasteiger partial charge >= 0.3 is 0 Å². The van der Waals surface area contributed by atoms with Gasteiger partial charge in [-0.15, -0.1) is 0 Å². The van der Waals surface area contributed by atoms with Gasteiger partial charge < -0.3 is 14.8 Å². The Morgan fingerprint density at radius 2 is 1.77 bits per heavy atom. The molecule has 0 radical (unpaired) electrons. The fourth-order valence-corrected chi connectivity index (χ4v) is 3.26. The van der Waals surface area contributed by atoms with Gasteiger partial charge in [0.2, 0.25) is 5.88 Å². The van der Waals surface area contributed by atoms with Crippen molar-refractivity contribution in [1.29, 1.82) is 0 Å². The van der Waals surface area contributed by atoms with E-state index in [0.717, 1.165) is 24.3 Å². The van der Waals surface area contributed by atoms with Crippen LogP contribution in [0, 0.1) is 17.5 Å². The summed E-state index contributed by atoms with van der Waals surface area (Å²) in [7, 11) is 1.52. The number of hydrogen-bond donors (Lipinski definition) is 1. The molecule has 0 unspecified atom stereocenters. The lowest BCUT2D eigenvalue weighted by Gasteiger charge is -2.11. The Morgan fingerprint density at radius 1 is 0.943 bits per heavy atom. The molecule has 0 saturated carbocycles. The molecule has 1 aromatic heterocycles. The van der Waals surface area contributed by atoms with Gasteiger partial charge in [-0.1, -0.05) is 6.07 Å². The highest BCUT2D eigenvalue weighted by Crippen LogP contribution is 2.26. The number of hydrogen-bond acceptors (Lipinski definition) is 6. The first-order valence-electron chi connectivity index (χ1n) is 10.4. The molecule has 0 saturated heterocycles. The molecular formula is C25H18F3N3O4. The van der Waals surface area contributed by atoms with Crippen molar-refractivity contribution in [3.63, 3.8) is 0 Å². The van der Waals surface area contributed by atoms with Gasteiger partial charge in [0.05, 0.1) is 35.1 Å². The van der Waals surface area contributed by atoms with E-state index in [1.165, 1.54) is 43.6 Å². The fourth-order valence-electron chi connectivity index (χ4n) is 3.26. The number of carbonyl (C=O) groups is 2. The summed E-state index contributed by atoms with van der Waals surface area (Å²) in [5.74, 6) is -4.62. The molecule has 0 fully saturated rings. The van der Waals surface area contributed by atoms with E-state index in [2.05, 4.69) is 15.3 Å². The van der Waals surface area contributed by atoms with E-state index in [1.807, 2.05) is 0 Å². The van der Waals surface area contributed by atoms with Crippen LogP contribution in [-0.2, 0) is 4.74 Å². The van der Waals surface area contributed by atoms with Gasteiger partial charge in [0.15, 0.2) is 11.6 Å². The van der Waals surface area contributed by atoms with Crippen molar-refractivity contribution in [2.24, 2.45) is 0 Å². The van der Waals surface area contributed by atoms with Gasteiger partial charge in [0, 0.05) is 18.2 Å². The van der Waals surface area contributed by atoms with Crippen LogP contribution in [0.25, 0.3) is 11.0 Å². The molecule has 7 nitrogen and oxygen atoms in total. The standard InChI is InChI=1S/C25H18F3N3O4/c1-34-9-10-35-21-13-29-18-7-5-14(12-20(18)30-21)24(32)22-17(27)6-8-19(23(22)28)31-25(33)15-3-2-4-16(26)11-15/h2-8,11-13H,9-10H2,1H3,(H,31,33). The molecule has 1 amide bonds. The summed E-state index contributed by atoms with van der Waals surface area (Å²) in [6, 6.07) is 10.8. The highest BCUT2D eigenvalue weighted by molar-refractivity contribution is 6.12. The molecule has 1 heterocycles. The maximum absolute atomic E-state index is 15.2. The summed E-state index contributed by atoms with van der Waals surface area (Å²) in [6.07, 6.45) is 1.41. The van der Waals surface area contributed by atoms with Crippen molar-refractivity contribution >= 4 is 28.4 Å². The number of carbonyl (C=O) groups excluding carboxylic acids is 2. The van der Waals surface area contributed by atoms with E-state index in [4.69, 9.17) is 9.47 Å². The van der Waals surface area contributed by atoms with Crippen LogP contribution < -0.4 is 10.1 Å². The Balaban J connectivity index is 1.64. The molecule has 1 N–H and O–H groups in total. The molecule has 0 aliphatic carbocycles. The quantitative estimate of drug-likeness (QED) is 0.293. The fraction of sp³-hybridized carbons (Fsp3) is 0.120. The highest BCUT2D eigenvalue weighted by atomic mass is 19.1. The van der Waals surface area contributed by atoms with Gasteiger partial charge in [-0.05, 0) is 48.5 Å². The summed E-state index contributed by atoms with van der Waals surface area (Å²) < 4.78 is 53.4. The van der Waals surface area contributed by atoms with Crippen LogP contribution in [-0.4, -0.2) is 42.0 Å². The van der Waals surface area contributed by atoms with Gasteiger partial charge in [0.25, 0.3) is 5.91 Å². The van der Waals surface area contributed by atoms with Gasteiger partial charge in [-0.25, -0.2) is 23.1 Å². The third-order valence-electron chi connectivity index (χ3n) is 4.97. The van der Waals surface area contributed by atoms with Crippen LogP contribution in [0.15, 0.2) is 60.8 Å². The van der Waals surface area contributed by atoms with Crippen LogP contribution in [0.2, 0.25) is 0 Å². The van der Waals surface area contributed by atoms with Crippen molar-refractivity contribution in [3.8, 4) is 5.88 Å². The largest absolute Gasteiger partial charge is 0.474 e. The normalized spacial score (nSPS) is 10.9. The molecule has 3 aromatic carbocycles. The lowest BCUT2D eigenvalue weighted by Crippen LogP contribution is -2.16. The molecule has 4 rings (SSSR count). The number of methoxy groups -OCH3 is 1. The number of amides is 1. The number of aromatic nitrogens is 2. The minimum absolute atomic E-state index is 0.0488. The second kappa shape index (κ2) is 10.3. The van der Waals surface area contributed by atoms with Crippen LogP contribution in [0.3, 0.4) is 0 Å². The summed E-state index contributed by atoms with van der Waals surface area (Å²) >= 11 is 0. The summed E-state index contributed by atoms with van der Waals surface area (Å²) in [6.45, 7) is 0.572. The summed E-state index contributed by atoms with van der Waals surface area (Å²) in [5, 5.41) is 2.24. The zero-order valence-electron chi connectivity index (χ0n) is 18.3. The van der Waals surface area contributed by atoms with Gasteiger partial charge in [-0.2, -0.15) is 0 Å². The van der Waals surface area contributed by atoms with Crippen LogP contribution in [0.5, 0.6) is 5.88 Å². The van der Waals surface area contributed by atoms with E-state index in [-0.39, 0.29) is 29.1 Å². The summed E-state index contributed by atoms with van der Waals surface area (Å²) in [5.41, 5.74) is -0.689. The molecule has 0 aliphatic heterocycles. The van der Waals surface area contributed by atoms with E-state index >= 15 is 4.39 Å². The number of benzene rings is 3. The third-order valence-corrected chi connectivity index (χ3v) is 4.97. The van der Waals surface area contributed by atoms with Gasteiger partial charge in [0.1, 0.15) is 18.2 Å². The van der Waals surface area contributed by atoms with Crippen LogP contribution >= 0.6 is 0 Å². The zero-order valence-corrected chi connectivity index (χ0v) is 18.3. The molecule has 35 heavy (non-hydrogen) atoms. The SMILES string of the molecule is COCCOc1cnc2ccc(C(=O)c3c(F)ccc(NC(=O)c4cccc(F)c4)c3F)cc2n1. The summed E-state index contributed by atoms with van der Waals surface area (Å²) in [4.78, 5) is 33.9. The van der Waals surface area contributed by atoms with Crippen molar-refractivity contribution in [3.05, 3.63) is 94.9 Å². The maximum Gasteiger partial charge on any atom is 0.255 e. The maximum atomic E-state index is 15.2. The van der Waals surface area contributed by atoms with E-state index in [1.54, 1.807) is 0 Å². The zero-order chi connectivity index (χ0) is 24.9. The second-order valence-electron chi connectivity index (χ2n) is 7.33. The Kier molecular flexibility index (Phi) is 7.02. The molecule has 178 valence electrons. The predicted molar refractivity (Wildman–Crippen MR) is 121 cm³/mol. The molecule has 4 aromatic rings. The average molecular weight is 481 g/mol. The number of rotatable bonds is 8. The molecule has 10 heteroatoms. The first kappa shape index (κ1) is 23.8. The number of anilines is 1. The Bertz CT molecular complexity index is 1430. The number of halogens is 3. The second-order valence-corrected chi connectivity index (χ2v) is 7.33. The van der Waals surface area contributed by atoms with Gasteiger partial charge in [-0.3, -0.25) is 9.59 Å². The lowest BCUT2D eigenvalue weighted by molar-refractivity contribution is 0.101. The molecular weight excluding hydrogens is 463 g/mol. The molecule has 0 aliphatic rings. The minimum Gasteiger partial charge on any atom is -0.474 e. The van der Waals surface area contributed by atoms with Crippen molar-refractivity contribution in [1.82, 2.24) is 9.97 Å². The average Bonchev–Trinajstić information content (AvgIpc) is 2.85. The number of ketones is 1. The first-order chi connectivity index (χ1) is 16.9. The molecule has 0 atom stereocenters. The third kappa shape index (κ3) is 5.28. The molecule has 0 spiro atoms. The van der Waals surface area contributed by atoms with Crippen LogP contribution in [0.4, 0.5) is 18.9 Å². The smallest absolute Gasteiger partial charge is 0.255 e. The Morgan fingerprint density at radius 3 is 2.54 bits per heavy atom. The lowest BCUT2D eigenvalue weighted by atomic mass is 10.0. The van der Waals surface area contributed by atoms with E-state index in [0.29, 0.717) is 12.1 Å². The minimum atomic E-state index is -1.26. The van der Waals surface area contributed by atoms with Crippen molar-refractivity contribution in [2.45, 2.75) is 0 Å². The van der Waals surface area contributed by atoms with Crippen LogP contribution in [0.1, 0.15) is 26.3 Å². The number of ether oxygens (including phenoxy) is 2. The highest BCUT2D eigenvalue weighted by Gasteiger charge is 2.23. The Hall–Kier alpha value is -4.31. The van der Waals surface area contributed by atoms with E-state index in [9.17, 15) is 18.4 Å². The topological polar surface area (TPSA) is 90.4 Å². The van der Waals surface area contributed by atoms with Crippen molar-refractivity contribution < 1.29 is 32.2 Å². The number of fused-ring (bicyclic) bond motifs is 1. The predicted octanol–water partition coefficient (Wildman–Crippen LogP) is 4.56. The van der Waals surface area contributed by atoms with E-state index < -0.39 is 40.4 Å². The molecule has 0 bridgehead atoms.